The second-order valence-electron chi connectivity index (χ2n) is 4.04. The van der Waals surface area contributed by atoms with Crippen LogP contribution in [0.3, 0.4) is 0 Å². The molecule has 0 saturated carbocycles. The average Bonchev–Trinajstić information content (AvgIpc) is 2.83. The van der Waals surface area contributed by atoms with Crippen molar-refractivity contribution in [2.45, 2.75) is 6.54 Å². The Morgan fingerprint density at radius 2 is 2.05 bits per heavy atom. The van der Waals surface area contributed by atoms with Gasteiger partial charge in [-0.3, -0.25) is 9.38 Å². The molecule has 4 nitrogen and oxygen atoms in total. The molecule has 2 heterocycles. The molecule has 0 aliphatic rings. The summed E-state index contributed by atoms with van der Waals surface area (Å²) >= 11 is 11.8. The highest BCUT2D eigenvalue weighted by molar-refractivity contribution is 6.42. The molecule has 96 valence electrons. The van der Waals surface area contributed by atoms with Crippen molar-refractivity contribution in [1.29, 1.82) is 0 Å². The zero-order valence-electron chi connectivity index (χ0n) is 9.85. The molecule has 19 heavy (non-hydrogen) atoms. The summed E-state index contributed by atoms with van der Waals surface area (Å²) in [5, 5.41) is 4.37. The minimum atomic E-state index is 0.536. The van der Waals surface area contributed by atoms with Crippen LogP contribution in [-0.4, -0.2) is 14.4 Å². The summed E-state index contributed by atoms with van der Waals surface area (Å²) in [4.78, 5) is 8.31. The van der Waals surface area contributed by atoms with E-state index >= 15 is 0 Å². The van der Waals surface area contributed by atoms with Crippen LogP contribution in [0.1, 0.15) is 5.69 Å². The molecule has 0 atom stereocenters. The number of nitrogens with zero attached hydrogens (tertiary/aromatic N) is 3. The molecule has 0 saturated heterocycles. The molecule has 0 radical (unpaired) electrons. The lowest BCUT2D eigenvalue weighted by Gasteiger charge is -2.07. The van der Waals surface area contributed by atoms with Crippen molar-refractivity contribution in [2.24, 2.45) is 0 Å². The second-order valence-corrected chi connectivity index (χ2v) is 4.85. The Hall–Kier alpha value is -1.78. The Bertz CT molecular complexity index is 723. The van der Waals surface area contributed by atoms with Crippen molar-refractivity contribution in [1.82, 2.24) is 14.4 Å². The van der Waals surface area contributed by atoms with Gasteiger partial charge in [-0.2, -0.15) is 0 Å². The highest BCUT2D eigenvalue weighted by atomic mass is 35.5. The van der Waals surface area contributed by atoms with E-state index in [1.807, 2.05) is 22.9 Å². The van der Waals surface area contributed by atoms with E-state index in [2.05, 4.69) is 15.3 Å². The van der Waals surface area contributed by atoms with Crippen LogP contribution in [0.15, 0.2) is 43.0 Å². The van der Waals surface area contributed by atoms with E-state index in [-0.39, 0.29) is 0 Å². The Balaban J connectivity index is 1.80. The van der Waals surface area contributed by atoms with Gasteiger partial charge in [0, 0.05) is 18.1 Å². The first-order valence-corrected chi connectivity index (χ1v) is 6.44. The summed E-state index contributed by atoms with van der Waals surface area (Å²) in [6.45, 7) is 0.642. The van der Waals surface area contributed by atoms with Crippen LogP contribution in [0.5, 0.6) is 0 Å². The molecule has 6 heteroatoms. The summed E-state index contributed by atoms with van der Waals surface area (Å²) in [6, 6.07) is 5.46. The van der Waals surface area contributed by atoms with Crippen LogP contribution in [0.4, 0.5) is 5.69 Å². The van der Waals surface area contributed by atoms with Crippen molar-refractivity contribution in [2.75, 3.05) is 5.32 Å². The number of hydrogen-bond donors (Lipinski definition) is 1. The van der Waals surface area contributed by atoms with Gasteiger partial charge in [0.05, 0.1) is 34.7 Å². The zero-order chi connectivity index (χ0) is 13.2. The van der Waals surface area contributed by atoms with E-state index in [9.17, 15) is 0 Å². The quantitative estimate of drug-likeness (QED) is 0.801. The Morgan fingerprint density at radius 1 is 1.16 bits per heavy atom. The Morgan fingerprint density at radius 3 is 2.89 bits per heavy atom. The van der Waals surface area contributed by atoms with Gasteiger partial charge in [-0.05, 0) is 18.2 Å². The van der Waals surface area contributed by atoms with E-state index in [1.165, 1.54) is 0 Å². The Labute approximate surface area is 120 Å². The van der Waals surface area contributed by atoms with Gasteiger partial charge in [0.1, 0.15) is 0 Å². The maximum atomic E-state index is 5.97. The number of imidazole rings is 1. The summed E-state index contributed by atoms with van der Waals surface area (Å²) in [5.74, 6) is 0. The molecular formula is C13H10Cl2N4. The highest BCUT2D eigenvalue weighted by Gasteiger charge is 2.03. The molecule has 0 amide bonds. The van der Waals surface area contributed by atoms with Crippen molar-refractivity contribution < 1.29 is 0 Å². The summed E-state index contributed by atoms with van der Waals surface area (Å²) in [5.41, 5.74) is 2.79. The number of anilines is 1. The molecule has 0 aliphatic heterocycles. The first kappa shape index (κ1) is 12.3. The van der Waals surface area contributed by atoms with E-state index in [0.717, 1.165) is 17.0 Å². The van der Waals surface area contributed by atoms with E-state index in [1.54, 1.807) is 24.5 Å². The topological polar surface area (TPSA) is 42.2 Å². The van der Waals surface area contributed by atoms with Crippen LogP contribution in [-0.2, 0) is 6.54 Å². The van der Waals surface area contributed by atoms with Crippen LogP contribution < -0.4 is 5.32 Å². The Kier molecular flexibility index (Phi) is 3.27. The van der Waals surface area contributed by atoms with Gasteiger partial charge in [-0.25, -0.2) is 4.98 Å². The van der Waals surface area contributed by atoms with Crippen molar-refractivity contribution >= 4 is 34.5 Å². The van der Waals surface area contributed by atoms with Gasteiger partial charge in [-0.1, -0.05) is 23.2 Å². The number of aromatic nitrogens is 3. The third-order valence-corrected chi connectivity index (χ3v) is 3.53. The van der Waals surface area contributed by atoms with Crippen molar-refractivity contribution in [3.05, 3.63) is 58.7 Å². The van der Waals surface area contributed by atoms with Gasteiger partial charge in [0.2, 0.25) is 0 Å². The fraction of sp³-hybridized carbons (Fsp3) is 0.0769. The zero-order valence-corrected chi connectivity index (χ0v) is 11.4. The lowest BCUT2D eigenvalue weighted by atomic mass is 10.3. The minimum Gasteiger partial charge on any atom is -0.379 e. The van der Waals surface area contributed by atoms with Crippen molar-refractivity contribution in [3.63, 3.8) is 0 Å². The maximum Gasteiger partial charge on any atom is 0.155 e. The van der Waals surface area contributed by atoms with Gasteiger partial charge < -0.3 is 5.32 Å². The maximum absolute atomic E-state index is 5.97. The van der Waals surface area contributed by atoms with Crippen LogP contribution in [0.25, 0.3) is 5.65 Å². The second kappa shape index (κ2) is 5.07. The molecule has 0 bridgehead atoms. The van der Waals surface area contributed by atoms with Crippen LogP contribution in [0.2, 0.25) is 10.0 Å². The summed E-state index contributed by atoms with van der Waals surface area (Å²) in [7, 11) is 0. The van der Waals surface area contributed by atoms with Gasteiger partial charge in [0.25, 0.3) is 0 Å². The molecule has 3 aromatic rings. The third kappa shape index (κ3) is 2.50. The van der Waals surface area contributed by atoms with Gasteiger partial charge in [0.15, 0.2) is 5.65 Å². The SMILES string of the molecule is Clc1ccc(NCc2cnc3cnccn23)cc1Cl. The van der Waals surface area contributed by atoms with Gasteiger partial charge in [-0.15, -0.1) is 0 Å². The van der Waals surface area contributed by atoms with Crippen LogP contribution >= 0.6 is 23.2 Å². The third-order valence-electron chi connectivity index (χ3n) is 2.79. The molecule has 0 aliphatic carbocycles. The first-order chi connectivity index (χ1) is 9.24. The number of rotatable bonds is 3. The largest absolute Gasteiger partial charge is 0.379 e. The average molecular weight is 293 g/mol. The van der Waals surface area contributed by atoms with E-state index in [0.29, 0.717) is 16.6 Å². The summed E-state index contributed by atoms with van der Waals surface area (Å²) < 4.78 is 1.98. The normalized spacial score (nSPS) is 10.8. The molecule has 1 N–H and O–H groups in total. The smallest absolute Gasteiger partial charge is 0.155 e. The van der Waals surface area contributed by atoms with Gasteiger partial charge >= 0.3 is 0 Å². The number of hydrogen-bond acceptors (Lipinski definition) is 3. The highest BCUT2D eigenvalue weighted by Crippen LogP contribution is 2.25. The lowest BCUT2D eigenvalue weighted by molar-refractivity contribution is 0.991. The van der Waals surface area contributed by atoms with Crippen LogP contribution in [0, 0.1) is 0 Å². The standard InChI is InChI=1S/C13H10Cl2N4/c14-11-2-1-9(5-12(11)15)17-6-10-7-18-13-8-16-3-4-19(10)13/h1-5,7-8,17H,6H2. The fourth-order valence-corrected chi connectivity index (χ4v) is 2.12. The summed E-state index contributed by atoms with van der Waals surface area (Å²) in [6.07, 6.45) is 7.16. The molecule has 3 rings (SSSR count). The van der Waals surface area contributed by atoms with E-state index in [4.69, 9.17) is 23.2 Å². The first-order valence-electron chi connectivity index (χ1n) is 5.69. The predicted molar refractivity (Wildman–Crippen MR) is 76.8 cm³/mol. The number of halogens is 2. The molecule has 0 unspecified atom stereocenters. The molecule has 2 aromatic heterocycles. The number of fused-ring (bicyclic) bond motifs is 1. The fourth-order valence-electron chi connectivity index (χ4n) is 1.82. The molecular weight excluding hydrogens is 283 g/mol. The number of benzene rings is 1. The molecule has 0 fully saturated rings. The lowest BCUT2D eigenvalue weighted by Crippen LogP contribution is -2.02. The van der Waals surface area contributed by atoms with Crippen molar-refractivity contribution in [3.8, 4) is 0 Å². The van der Waals surface area contributed by atoms with E-state index < -0.39 is 0 Å². The molecule has 0 spiro atoms. The minimum absolute atomic E-state index is 0.536. The monoisotopic (exact) mass is 292 g/mol. The number of nitrogens with one attached hydrogen (secondary N) is 1. The predicted octanol–water partition coefficient (Wildman–Crippen LogP) is 3.65. The molecule has 1 aromatic carbocycles.